The van der Waals surface area contributed by atoms with Crippen molar-refractivity contribution >= 4 is 11.8 Å². The Labute approximate surface area is 119 Å². The van der Waals surface area contributed by atoms with E-state index in [1.54, 1.807) is 5.32 Å². The molecule has 0 aromatic heterocycles. The minimum Gasteiger partial charge on any atom is -0.444 e. The molecule has 1 amide bonds. The standard InChI is InChI=1S/C13H16F4N2O2/c1-12(2,3)21-11(20)19-10(13(15,16)17)8-5-4-7(18)6-9(8)14/h4-6,10H,18H2,1-3H3,(H,19,20)/t10-/m1/s1. The van der Waals surface area contributed by atoms with Gasteiger partial charge in [0.1, 0.15) is 11.4 Å². The molecule has 0 aliphatic rings. The number of alkyl halides is 3. The van der Waals surface area contributed by atoms with Crippen LogP contribution < -0.4 is 11.1 Å². The third-order valence-corrected chi connectivity index (χ3v) is 2.32. The van der Waals surface area contributed by atoms with Crippen molar-refractivity contribution in [1.82, 2.24) is 5.32 Å². The van der Waals surface area contributed by atoms with E-state index in [0.717, 1.165) is 18.2 Å². The summed E-state index contributed by atoms with van der Waals surface area (Å²) in [5, 5.41) is 1.62. The zero-order chi connectivity index (χ0) is 16.4. The van der Waals surface area contributed by atoms with Crippen molar-refractivity contribution in [3.63, 3.8) is 0 Å². The van der Waals surface area contributed by atoms with E-state index in [1.165, 1.54) is 20.8 Å². The molecule has 0 bridgehead atoms. The van der Waals surface area contributed by atoms with E-state index < -0.39 is 35.3 Å². The van der Waals surface area contributed by atoms with Gasteiger partial charge in [0.15, 0.2) is 6.04 Å². The van der Waals surface area contributed by atoms with Gasteiger partial charge in [-0.05, 0) is 32.9 Å². The molecule has 1 rings (SSSR count). The van der Waals surface area contributed by atoms with Crippen LogP contribution in [0.5, 0.6) is 0 Å². The number of carbonyl (C=O) groups is 1. The van der Waals surface area contributed by atoms with E-state index in [-0.39, 0.29) is 5.69 Å². The molecule has 0 spiro atoms. The normalized spacial score (nSPS) is 13.7. The average molecular weight is 308 g/mol. The van der Waals surface area contributed by atoms with E-state index in [9.17, 15) is 22.4 Å². The smallest absolute Gasteiger partial charge is 0.413 e. The van der Waals surface area contributed by atoms with Crippen LogP contribution in [0.2, 0.25) is 0 Å². The number of benzene rings is 1. The van der Waals surface area contributed by atoms with Gasteiger partial charge < -0.3 is 15.8 Å². The number of nitrogens with two attached hydrogens (primary N) is 1. The molecule has 1 atom stereocenters. The first-order valence-electron chi connectivity index (χ1n) is 6.01. The molecule has 0 aliphatic heterocycles. The first-order valence-corrected chi connectivity index (χ1v) is 6.01. The molecule has 0 radical (unpaired) electrons. The molecule has 21 heavy (non-hydrogen) atoms. The number of carbonyl (C=O) groups excluding carboxylic acids is 1. The van der Waals surface area contributed by atoms with Crippen LogP contribution in [0.4, 0.5) is 28.0 Å². The van der Waals surface area contributed by atoms with Crippen molar-refractivity contribution in [1.29, 1.82) is 0 Å². The Morgan fingerprint density at radius 1 is 1.29 bits per heavy atom. The summed E-state index contributed by atoms with van der Waals surface area (Å²) in [5.74, 6) is -1.16. The van der Waals surface area contributed by atoms with Gasteiger partial charge in [0, 0.05) is 11.3 Å². The van der Waals surface area contributed by atoms with Crippen molar-refractivity contribution in [2.75, 3.05) is 5.73 Å². The Kier molecular flexibility index (Phi) is 4.70. The van der Waals surface area contributed by atoms with Crippen molar-refractivity contribution in [2.45, 2.75) is 38.6 Å². The molecule has 1 aromatic rings. The zero-order valence-corrected chi connectivity index (χ0v) is 11.7. The maximum atomic E-state index is 13.6. The van der Waals surface area contributed by atoms with Gasteiger partial charge in [-0.25, -0.2) is 9.18 Å². The van der Waals surface area contributed by atoms with E-state index in [4.69, 9.17) is 10.5 Å². The van der Waals surface area contributed by atoms with Crippen LogP contribution in [0.1, 0.15) is 32.4 Å². The second-order valence-electron chi connectivity index (χ2n) is 5.40. The molecule has 0 saturated heterocycles. The monoisotopic (exact) mass is 308 g/mol. The highest BCUT2D eigenvalue weighted by Crippen LogP contribution is 2.34. The molecule has 4 nitrogen and oxygen atoms in total. The Hall–Kier alpha value is -1.99. The van der Waals surface area contributed by atoms with Crippen molar-refractivity contribution < 1.29 is 27.1 Å². The minimum atomic E-state index is -4.88. The van der Waals surface area contributed by atoms with Crippen molar-refractivity contribution in [3.05, 3.63) is 29.6 Å². The van der Waals surface area contributed by atoms with Crippen LogP contribution in [0.25, 0.3) is 0 Å². The summed E-state index contributed by atoms with van der Waals surface area (Å²) in [6, 6.07) is 0.229. The summed E-state index contributed by atoms with van der Waals surface area (Å²) < 4.78 is 57.4. The van der Waals surface area contributed by atoms with Crippen LogP contribution in [0, 0.1) is 5.82 Å². The van der Waals surface area contributed by atoms with Gasteiger partial charge in [-0.15, -0.1) is 0 Å². The fourth-order valence-electron chi connectivity index (χ4n) is 1.54. The number of amides is 1. The first kappa shape index (κ1) is 17.1. The maximum Gasteiger partial charge on any atom is 0.413 e. The SMILES string of the molecule is CC(C)(C)OC(=O)N[C@H](c1ccc(N)cc1F)C(F)(F)F. The van der Waals surface area contributed by atoms with E-state index in [0.29, 0.717) is 0 Å². The fourth-order valence-corrected chi connectivity index (χ4v) is 1.54. The Balaban J connectivity index is 3.05. The van der Waals surface area contributed by atoms with Crippen molar-refractivity contribution in [3.8, 4) is 0 Å². The van der Waals surface area contributed by atoms with Gasteiger partial charge in [0.25, 0.3) is 0 Å². The predicted octanol–water partition coefficient (Wildman–Crippen LogP) is 3.54. The highest BCUT2D eigenvalue weighted by molar-refractivity contribution is 5.68. The zero-order valence-electron chi connectivity index (χ0n) is 11.7. The summed E-state index contributed by atoms with van der Waals surface area (Å²) >= 11 is 0. The highest BCUT2D eigenvalue weighted by atomic mass is 19.4. The predicted molar refractivity (Wildman–Crippen MR) is 69.0 cm³/mol. The molecule has 118 valence electrons. The summed E-state index contributed by atoms with van der Waals surface area (Å²) in [6.07, 6.45) is -6.17. The fraction of sp³-hybridized carbons (Fsp3) is 0.462. The number of rotatable bonds is 2. The number of hydrogen-bond acceptors (Lipinski definition) is 3. The molecule has 8 heteroatoms. The number of nitrogen functional groups attached to an aromatic ring is 1. The molecule has 0 unspecified atom stereocenters. The topological polar surface area (TPSA) is 64.3 Å². The lowest BCUT2D eigenvalue weighted by Gasteiger charge is -2.25. The molecular formula is C13H16F4N2O2. The number of halogens is 4. The van der Waals surface area contributed by atoms with Gasteiger partial charge >= 0.3 is 12.3 Å². The maximum absolute atomic E-state index is 13.6. The Morgan fingerprint density at radius 3 is 2.29 bits per heavy atom. The van der Waals surface area contributed by atoms with Gasteiger partial charge in [-0.2, -0.15) is 13.2 Å². The van der Waals surface area contributed by atoms with Gasteiger partial charge in [0.05, 0.1) is 0 Å². The summed E-state index contributed by atoms with van der Waals surface area (Å²) in [6.45, 7) is 4.50. The quantitative estimate of drug-likeness (QED) is 0.649. The second-order valence-corrected chi connectivity index (χ2v) is 5.40. The lowest BCUT2D eigenvalue weighted by atomic mass is 10.1. The van der Waals surface area contributed by atoms with Crippen LogP contribution in [0.15, 0.2) is 18.2 Å². The number of ether oxygens (including phenoxy) is 1. The number of anilines is 1. The first-order chi connectivity index (χ1) is 9.40. The van der Waals surface area contributed by atoms with Crippen LogP contribution >= 0.6 is 0 Å². The molecule has 0 aliphatic carbocycles. The van der Waals surface area contributed by atoms with Gasteiger partial charge in [0.2, 0.25) is 0 Å². The lowest BCUT2D eigenvalue weighted by Crippen LogP contribution is -2.41. The van der Waals surface area contributed by atoms with E-state index in [1.807, 2.05) is 0 Å². The van der Waals surface area contributed by atoms with Gasteiger partial charge in [-0.1, -0.05) is 6.07 Å². The summed E-state index contributed by atoms with van der Waals surface area (Å²) in [7, 11) is 0. The molecule has 0 saturated carbocycles. The lowest BCUT2D eigenvalue weighted by molar-refractivity contribution is -0.157. The molecular weight excluding hydrogens is 292 g/mol. The highest BCUT2D eigenvalue weighted by Gasteiger charge is 2.44. The minimum absolute atomic E-state index is 0.0190. The van der Waals surface area contributed by atoms with Crippen LogP contribution in [-0.4, -0.2) is 17.9 Å². The number of nitrogens with one attached hydrogen (secondary N) is 1. The second kappa shape index (κ2) is 5.79. The third kappa shape index (κ3) is 5.13. The molecule has 0 fully saturated rings. The molecule has 0 heterocycles. The van der Waals surface area contributed by atoms with Crippen LogP contribution in [0.3, 0.4) is 0 Å². The largest absolute Gasteiger partial charge is 0.444 e. The summed E-state index contributed by atoms with van der Waals surface area (Å²) in [5.41, 5.74) is 3.56. The average Bonchev–Trinajstić information content (AvgIpc) is 2.22. The number of alkyl carbamates (subject to hydrolysis) is 1. The summed E-state index contributed by atoms with van der Waals surface area (Å²) in [4.78, 5) is 11.5. The number of hydrogen-bond donors (Lipinski definition) is 2. The molecule has 3 N–H and O–H groups in total. The Morgan fingerprint density at radius 2 is 1.86 bits per heavy atom. The third-order valence-electron chi connectivity index (χ3n) is 2.32. The van der Waals surface area contributed by atoms with Gasteiger partial charge in [-0.3, -0.25) is 0 Å². The Bertz CT molecular complexity index is 524. The van der Waals surface area contributed by atoms with E-state index >= 15 is 0 Å². The molecule has 1 aromatic carbocycles. The van der Waals surface area contributed by atoms with Crippen molar-refractivity contribution in [2.24, 2.45) is 0 Å². The van der Waals surface area contributed by atoms with Crippen LogP contribution in [-0.2, 0) is 4.74 Å². The van der Waals surface area contributed by atoms with E-state index in [2.05, 4.69) is 0 Å².